The van der Waals surface area contributed by atoms with Crippen LogP contribution in [0.3, 0.4) is 0 Å². The minimum atomic E-state index is -1.35. The van der Waals surface area contributed by atoms with Gasteiger partial charge in [0.05, 0.1) is 19.3 Å². The van der Waals surface area contributed by atoms with E-state index in [2.05, 4.69) is 5.32 Å². The number of fused-ring (bicyclic) bond motifs is 2. The van der Waals surface area contributed by atoms with E-state index in [9.17, 15) is 23.5 Å². The Labute approximate surface area is 153 Å². The summed E-state index contributed by atoms with van der Waals surface area (Å²) in [5.41, 5.74) is -0.623. The number of β-amino-alcohol motifs (C(OH)–C–C–N with tert-alkyl or cyclic N) is 1. The Morgan fingerprint density at radius 3 is 2.74 bits per heavy atom. The monoisotopic (exact) mass is 374 g/mol. The molecule has 0 aliphatic carbocycles. The normalized spacial score (nSPS) is 22.4. The molecule has 1 saturated heterocycles. The number of carbonyl (C=O) groups is 2. The highest BCUT2D eigenvalue weighted by Crippen LogP contribution is 2.41. The highest BCUT2D eigenvalue weighted by Gasteiger charge is 2.55. The fraction of sp³-hybridized carbons (Fsp3) is 0.263. The van der Waals surface area contributed by atoms with E-state index in [1.807, 2.05) is 0 Å². The SMILES string of the molecule is O=C1N[C@]2(CCOc3ccccc32)C(=O)N1C[C@@H](O)c1ccc(F)c(F)c1. The van der Waals surface area contributed by atoms with Gasteiger partial charge in [0.15, 0.2) is 17.2 Å². The Morgan fingerprint density at radius 2 is 1.96 bits per heavy atom. The lowest BCUT2D eigenvalue weighted by Gasteiger charge is -2.33. The third-order valence-corrected chi connectivity index (χ3v) is 4.94. The number of amides is 3. The summed E-state index contributed by atoms with van der Waals surface area (Å²) in [5, 5.41) is 13.0. The lowest BCUT2D eigenvalue weighted by atomic mass is 9.84. The molecule has 8 heteroatoms. The molecule has 140 valence electrons. The first-order valence-corrected chi connectivity index (χ1v) is 8.42. The fourth-order valence-electron chi connectivity index (χ4n) is 3.54. The minimum absolute atomic E-state index is 0.0721. The molecule has 27 heavy (non-hydrogen) atoms. The van der Waals surface area contributed by atoms with Crippen molar-refractivity contribution in [3.63, 3.8) is 0 Å². The summed E-state index contributed by atoms with van der Waals surface area (Å²) in [6, 6.07) is 9.22. The van der Waals surface area contributed by atoms with E-state index in [1.165, 1.54) is 6.07 Å². The highest BCUT2D eigenvalue weighted by molar-refractivity contribution is 6.08. The van der Waals surface area contributed by atoms with Gasteiger partial charge in [0.25, 0.3) is 5.91 Å². The molecule has 2 aliphatic rings. The quantitative estimate of drug-likeness (QED) is 0.808. The van der Waals surface area contributed by atoms with Gasteiger partial charge in [0.1, 0.15) is 5.75 Å². The number of aliphatic hydroxyl groups is 1. The summed E-state index contributed by atoms with van der Waals surface area (Å²) >= 11 is 0. The molecule has 4 rings (SSSR count). The molecule has 0 saturated carbocycles. The molecular weight excluding hydrogens is 358 g/mol. The first kappa shape index (κ1) is 17.4. The van der Waals surface area contributed by atoms with Crippen LogP contribution < -0.4 is 10.1 Å². The molecule has 2 N–H and O–H groups in total. The van der Waals surface area contributed by atoms with Crippen LogP contribution in [-0.4, -0.2) is 35.1 Å². The zero-order valence-electron chi connectivity index (χ0n) is 14.1. The van der Waals surface area contributed by atoms with Gasteiger partial charge in [-0.1, -0.05) is 24.3 Å². The Hall–Kier alpha value is -3.00. The lowest BCUT2D eigenvalue weighted by molar-refractivity contribution is -0.133. The number of rotatable bonds is 3. The molecule has 1 spiro atoms. The predicted octanol–water partition coefficient (Wildman–Crippen LogP) is 2.23. The van der Waals surface area contributed by atoms with Crippen LogP contribution in [0.5, 0.6) is 5.75 Å². The Morgan fingerprint density at radius 1 is 1.19 bits per heavy atom. The van der Waals surface area contributed by atoms with Gasteiger partial charge in [-0.25, -0.2) is 13.6 Å². The number of nitrogens with one attached hydrogen (secondary N) is 1. The second-order valence-electron chi connectivity index (χ2n) is 6.54. The lowest BCUT2D eigenvalue weighted by Crippen LogP contribution is -2.47. The van der Waals surface area contributed by atoms with Gasteiger partial charge in [0.2, 0.25) is 0 Å². The summed E-state index contributed by atoms with van der Waals surface area (Å²) in [7, 11) is 0. The maximum absolute atomic E-state index is 13.4. The van der Waals surface area contributed by atoms with Crippen molar-refractivity contribution in [1.82, 2.24) is 10.2 Å². The van der Waals surface area contributed by atoms with Crippen LogP contribution in [0.15, 0.2) is 42.5 Å². The Bertz CT molecular complexity index is 936. The van der Waals surface area contributed by atoms with Crippen molar-refractivity contribution in [2.24, 2.45) is 0 Å². The number of hydrogen-bond acceptors (Lipinski definition) is 4. The number of hydrogen-bond donors (Lipinski definition) is 2. The predicted molar refractivity (Wildman–Crippen MR) is 89.8 cm³/mol. The van der Waals surface area contributed by atoms with Crippen LogP contribution >= 0.6 is 0 Å². The molecule has 2 heterocycles. The molecular formula is C19H16F2N2O4. The zero-order chi connectivity index (χ0) is 19.2. The average molecular weight is 374 g/mol. The van der Waals surface area contributed by atoms with Crippen molar-refractivity contribution in [1.29, 1.82) is 0 Å². The number of halogens is 2. The minimum Gasteiger partial charge on any atom is -0.493 e. The molecule has 0 unspecified atom stereocenters. The Balaban J connectivity index is 1.62. The second-order valence-corrected chi connectivity index (χ2v) is 6.54. The maximum atomic E-state index is 13.4. The number of imide groups is 1. The number of ether oxygens (including phenoxy) is 1. The standard InChI is InChI=1S/C19H16F2N2O4/c20-13-6-5-11(9-14(13)21)15(24)10-23-17(25)19(22-18(23)26)7-8-27-16-4-2-1-3-12(16)19/h1-6,9,15,24H,7-8,10H2,(H,22,26)/t15-,19+/m1/s1. The number of benzene rings is 2. The van der Waals surface area contributed by atoms with Crippen LogP contribution in [0.25, 0.3) is 0 Å². The van der Waals surface area contributed by atoms with Crippen LogP contribution in [-0.2, 0) is 10.3 Å². The molecule has 6 nitrogen and oxygen atoms in total. The van der Waals surface area contributed by atoms with Crippen molar-refractivity contribution >= 4 is 11.9 Å². The largest absolute Gasteiger partial charge is 0.493 e. The van der Waals surface area contributed by atoms with E-state index in [4.69, 9.17) is 4.74 Å². The second kappa shape index (κ2) is 6.31. The van der Waals surface area contributed by atoms with Crippen LogP contribution in [0.4, 0.5) is 13.6 Å². The molecule has 0 bridgehead atoms. The van der Waals surface area contributed by atoms with Crippen LogP contribution in [0.1, 0.15) is 23.7 Å². The van der Waals surface area contributed by atoms with Crippen molar-refractivity contribution in [3.05, 3.63) is 65.2 Å². The van der Waals surface area contributed by atoms with E-state index < -0.39 is 35.2 Å². The molecule has 0 radical (unpaired) electrons. The molecule has 0 aromatic heterocycles. The molecule has 2 aromatic carbocycles. The summed E-state index contributed by atoms with van der Waals surface area (Å²) in [5.74, 6) is -2.15. The third-order valence-electron chi connectivity index (χ3n) is 4.94. The van der Waals surface area contributed by atoms with E-state index in [0.717, 1.165) is 17.0 Å². The van der Waals surface area contributed by atoms with Crippen LogP contribution in [0.2, 0.25) is 0 Å². The molecule has 1 fully saturated rings. The number of nitrogens with zero attached hydrogens (tertiary/aromatic N) is 1. The van der Waals surface area contributed by atoms with E-state index in [1.54, 1.807) is 24.3 Å². The number of carbonyl (C=O) groups excluding carboxylic acids is 2. The van der Waals surface area contributed by atoms with Gasteiger partial charge in [0, 0.05) is 12.0 Å². The van der Waals surface area contributed by atoms with Crippen molar-refractivity contribution in [2.45, 2.75) is 18.1 Å². The van der Waals surface area contributed by atoms with Crippen molar-refractivity contribution < 1.29 is 28.2 Å². The summed E-state index contributed by atoms with van der Waals surface area (Å²) in [4.78, 5) is 26.4. The van der Waals surface area contributed by atoms with Crippen molar-refractivity contribution in [3.8, 4) is 5.75 Å². The molecule has 2 atom stereocenters. The number of para-hydroxylation sites is 1. The van der Waals surface area contributed by atoms with Crippen LogP contribution in [0, 0.1) is 11.6 Å². The third kappa shape index (κ3) is 2.73. The van der Waals surface area contributed by atoms with Crippen molar-refractivity contribution in [2.75, 3.05) is 13.2 Å². The van der Waals surface area contributed by atoms with Gasteiger partial charge in [-0.05, 0) is 23.8 Å². The van der Waals surface area contributed by atoms with E-state index in [0.29, 0.717) is 11.3 Å². The fourth-order valence-corrected chi connectivity index (χ4v) is 3.54. The van der Waals surface area contributed by atoms with Gasteiger partial charge >= 0.3 is 6.03 Å². The highest BCUT2D eigenvalue weighted by atomic mass is 19.2. The average Bonchev–Trinajstić information content (AvgIpc) is 2.89. The molecule has 2 aromatic rings. The van der Waals surface area contributed by atoms with Gasteiger partial charge in [-0.15, -0.1) is 0 Å². The Kier molecular flexibility index (Phi) is 4.07. The number of aliphatic hydroxyl groups excluding tert-OH is 1. The molecule has 3 amide bonds. The van der Waals surface area contributed by atoms with E-state index in [-0.39, 0.29) is 25.1 Å². The van der Waals surface area contributed by atoms with E-state index >= 15 is 0 Å². The van der Waals surface area contributed by atoms with Gasteiger partial charge in [-0.2, -0.15) is 0 Å². The first-order chi connectivity index (χ1) is 12.9. The summed E-state index contributed by atoms with van der Waals surface area (Å²) in [6.45, 7) is -0.122. The zero-order valence-corrected chi connectivity index (χ0v) is 14.1. The number of urea groups is 1. The smallest absolute Gasteiger partial charge is 0.325 e. The first-order valence-electron chi connectivity index (χ1n) is 8.42. The topological polar surface area (TPSA) is 78.9 Å². The van der Waals surface area contributed by atoms with Gasteiger partial charge in [-0.3, -0.25) is 9.69 Å². The van der Waals surface area contributed by atoms with Gasteiger partial charge < -0.3 is 15.2 Å². The maximum Gasteiger partial charge on any atom is 0.325 e. The summed E-state index contributed by atoms with van der Waals surface area (Å²) < 4.78 is 32.0. The summed E-state index contributed by atoms with van der Waals surface area (Å²) in [6.07, 6.45) is -1.09. The molecule has 2 aliphatic heterocycles.